The van der Waals surface area contributed by atoms with Crippen LogP contribution in [-0.4, -0.2) is 62.4 Å². The molecule has 0 radical (unpaired) electrons. The Bertz CT molecular complexity index is 284. The van der Waals surface area contributed by atoms with Gasteiger partial charge >= 0.3 is 11.9 Å². The number of piperidine rings is 1. The van der Waals surface area contributed by atoms with Crippen molar-refractivity contribution >= 4 is 11.9 Å². The molecule has 0 unspecified atom stereocenters. The predicted molar refractivity (Wildman–Crippen MR) is 73.3 cm³/mol. The lowest BCUT2D eigenvalue weighted by atomic mass is 10.1. The van der Waals surface area contributed by atoms with Crippen molar-refractivity contribution in [3.63, 3.8) is 0 Å². The molecule has 6 nitrogen and oxygen atoms in total. The van der Waals surface area contributed by atoms with Crippen LogP contribution < -0.4 is 0 Å². The van der Waals surface area contributed by atoms with E-state index in [1.807, 2.05) is 0 Å². The highest BCUT2D eigenvalue weighted by molar-refractivity contribution is 5.98. The molecule has 0 aromatic rings. The van der Waals surface area contributed by atoms with Gasteiger partial charge in [-0.25, -0.2) is 9.59 Å². The van der Waals surface area contributed by atoms with Crippen molar-refractivity contribution in [3.05, 3.63) is 0 Å². The number of hydrogen-bond donors (Lipinski definition) is 0. The molecule has 0 aliphatic carbocycles. The molecule has 0 spiro atoms. The Morgan fingerprint density at radius 3 is 2.05 bits per heavy atom. The van der Waals surface area contributed by atoms with Crippen LogP contribution in [-0.2, 0) is 23.8 Å². The lowest BCUT2D eigenvalue weighted by Crippen LogP contribution is -2.39. The van der Waals surface area contributed by atoms with Crippen molar-refractivity contribution in [2.75, 3.05) is 39.5 Å². The summed E-state index contributed by atoms with van der Waals surface area (Å²) in [7, 11) is 0. The Hall–Kier alpha value is -1.14. The van der Waals surface area contributed by atoms with E-state index in [1.165, 1.54) is 19.3 Å². The fourth-order valence-electron chi connectivity index (χ4n) is 2.15. The molecule has 0 bridgehead atoms. The third kappa shape index (κ3) is 5.88. The van der Waals surface area contributed by atoms with E-state index >= 15 is 0 Å². The van der Waals surface area contributed by atoms with Gasteiger partial charge in [-0.1, -0.05) is 6.42 Å². The lowest BCUT2D eigenvalue weighted by Gasteiger charge is -2.26. The SMILES string of the molecule is CCOC(=O)C(OCCN1CCCCC1)C(=O)OCC. The van der Waals surface area contributed by atoms with Gasteiger partial charge in [-0.3, -0.25) is 0 Å². The molecule has 0 N–H and O–H groups in total. The standard InChI is InChI=1S/C14H25NO5/c1-3-18-13(16)12(14(17)19-4-2)20-11-10-15-8-6-5-7-9-15/h12H,3-11H2,1-2H3. The van der Waals surface area contributed by atoms with Gasteiger partial charge in [0.1, 0.15) is 0 Å². The zero-order chi connectivity index (χ0) is 14.8. The van der Waals surface area contributed by atoms with E-state index in [0.29, 0.717) is 6.61 Å². The summed E-state index contributed by atoms with van der Waals surface area (Å²) >= 11 is 0. The van der Waals surface area contributed by atoms with E-state index in [2.05, 4.69) is 4.90 Å². The molecule has 0 aromatic heterocycles. The number of nitrogens with zero attached hydrogens (tertiary/aromatic N) is 1. The summed E-state index contributed by atoms with van der Waals surface area (Å²) < 4.78 is 15.1. The highest BCUT2D eigenvalue weighted by Crippen LogP contribution is 2.08. The summed E-state index contributed by atoms with van der Waals surface area (Å²) in [4.78, 5) is 25.6. The highest BCUT2D eigenvalue weighted by Gasteiger charge is 2.30. The van der Waals surface area contributed by atoms with E-state index in [0.717, 1.165) is 19.6 Å². The molecule has 1 saturated heterocycles. The molecule has 1 aliphatic rings. The first-order chi connectivity index (χ1) is 9.69. The number of carbonyl (C=O) groups excluding carboxylic acids is 2. The third-order valence-corrected chi connectivity index (χ3v) is 3.14. The largest absolute Gasteiger partial charge is 0.464 e. The molecule has 1 aliphatic heterocycles. The lowest BCUT2D eigenvalue weighted by molar-refractivity contribution is -0.173. The molecule has 1 fully saturated rings. The van der Waals surface area contributed by atoms with Gasteiger partial charge in [0.25, 0.3) is 6.10 Å². The summed E-state index contributed by atoms with van der Waals surface area (Å²) in [5.41, 5.74) is 0. The van der Waals surface area contributed by atoms with Gasteiger partial charge < -0.3 is 19.1 Å². The molecule has 0 amide bonds. The Morgan fingerprint density at radius 2 is 1.55 bits per heavy atom. The Balaban J connectivity index is 2.38. The van der Waals surface area contributed by atoms with E-state index in [4.69, 9.17) is 14.2 Å². The molecular weight excluding hydrogens is 262 g/mol. The highest BCUT2D eigenvalue weighted by atomic mass is 16.6. The fraction of sp³-hybridized carbons (Fsp3) is 0.857. The van der Waals surface area contributed by atoms with Crippen LogP contribution in [0.2, 0.25) is 0 Å². The summed E-state index contributed by atoms with van der Waals surface area (Å²) in [6.45, 7) is 6.94. The van der Waals surface area contributed by atoms with Gasteiger partial charge in [-0.05, 0) is 39.8 Å². The number of hydrogen-bond acceptors (Lipinski definition) is 6. The van der Waals surface area contributed by atoms with Crippen LogP contribution in [0.25, 0.3) is 0 Å². The van der Waals surface area contributed by atoms with Crippen molar-refractivity contribution in [1.82, 2.24) is 4.90 Å². The normalized spacial score (nSPS) is 16.1. The molecule has 20 heavy (non-hydrogen) atoms. The smallest absolute Gasteiger partial charge is 0.347 e. The predicted octanol–water partition coefficient (Wildman–Crippen LogP) is 0.984. The van der Waals surface area contributed by atoms with Crippen LogP contribution in [0.15, 0.2) is 0 Å². The molecule has 0 saturated carbocycles. The topological polar surface area (TPSA) is 65.1 Å². The molecule has 1 rings (SSSR count). The second-order valence-electron chi connectivity index (χ2n) is 4.66. The Labute approximate surface area is 120 Å². The summed E-state index contributed by atoms with van der Waals surface area (Å²) in [5, 5.41) is 0. The molecule has 0 atom stereocenters. The van der Waals surface area contributed by atoms with Crippen LogP contribution in [0.1, 0.15) is 33.1 Å². The second-order valence-corrected chi connectivity index (χ2v) is 4.66. The van der Waals surface area contributed by atoms with E-state index < -0.39 is 18.0 Å². The van der Waals surface area contributed by atoms with Gasteiger partial charge in [0.05, 0.1) is 19.8 Å². The van der Waals surface area contributed by atoms with E-state index in [-0.39, 0.29) is 13.2 Å². The maximum absolute atomic E-state index is 11.7. The van der Waals surface area contributed by atoms with E-state index in [9.17, 15) is 9.59 Å². The first-order valence-corrected chi connectivity index (χ1v) is 7.36. The summed E-state index contributed by atoms with van der Waals surface area (Å²) in [5.74, 6) is -1.35. The number of likely N-dealkylation sites (tertiary alicyclic amines) is 1. The van der Waals surface area contributed by atoms with Gasteiger partial charge in [-0.2, -0.15) is 0 Å². The van der Waals surface area contributed by atoms with E-state index in [1.54, 1.807) is 13.8 Å². The zero-order valence-corrected chi connectivity index (χ0v) is 12.4. The maximum Gasteiger partial charge on any atom is 0.347 e. The second kappa shape index (κ2) is 9.72. The van der Waals surface area contributed by atoms with Gasteiger partial charge in [0.15, 0.2) is 0 Å². The monoisotopic (exact) mass is 287 g/mol. The summed E-state index contributed by atoms with van der Waals surface area (Å²) in [6, 6.07) is 0. The number of esters is 2. The third-order valence-electron chi connectivity index (χ3n) is 3.14. The van der Waals surface area contributed by atoms with Gasteiger partial charge in [-0.15, -0.1) is 0 Å². The van der Waals surface area contributed by atoms with Crippen molar-refractivity contribution in [1.29, 1.82) is 0 Å². The minimum atomic E-state index is -1.26. The maximum atomic E-state index is 11.7. The zero-order valence-electron chi connectivity index (χ0n) is 12.4. The average molecular weight is 287 g/mol. The Kier molecular flexibility index (Phi) is 8.22. The van der Waals surface area contributed by atoms with Crippen LogP contribution in [0.4, 0.5) is 0 Å². The van der Waals surface area contributed by atoms with Crippen molar-refractivity contribution < 1.29 is 23.8 Å². The van der Waals surface area contributed by atoms with Crippen molar-refractivity contribution in [2.45, 2.75) is 39.2 Å². The molecule has 6 heteroatoms. The number of ether oxygens (including phenoxy) is 3. The van der Waals surface area contributed by atoms with Crippen molar-refractivity contribution in [3.8, 4) is 0 Å². The molecule has 116 valence electrons. The van der Waals surface area contributed by atoms with Gasteiger partial charge in [0.2, 0.25) is 0 Å². The van der Waals surface area contributed by atoms with Gasteiger partial charge in [0, 0.05) is 6.54 Å². The van der Waals surface area contributed by atoms with Crippen molar-refractivity contribution in [2.24, 2.45) is 0 Å². The summed E-state index contributed by atoms with van der Waals surface area (Å²) in [6.07, 6.45) is 2.39. The quantitative estimate of drug-likeness (QED) is 0.490. The Morgan fingerprint density at radius 1 is 1.00 bits per heavy atom. The number of carbonyl (C=O) groups is 2. The number of rotatable bonds is 8. The van der Waals surface area contributed by atoms with Crippen LogP contribution in [0, 0.1) is 0 Å². The molecule has 0 aromatic carbocycles. The first-order valence-electron chi connectivity index (χ1n) is 7.36. The minimum absolute atomic E-state index is 0.213. The van der Waals surface area contributed by atoms with Crippen LogP contribution >= 0.6 is 0 Å². The minimum Gasteiger partial charge on any atom is -0.464 e. The van der Waals surface area contributed by atoms with Crippen LogP contribution in [0.3, 0.4) is 0 Å². The molecular formula is C14H25NO5. The fourth-order valence-corrected chi connectivity index (χ4v) is 2.15. The molecule has 1 heterocycles. The first kappa shape index (κ1) is 16.9. The average Bonchev–Trinajstić information content (AvgIpc) is 2.45. The van der Waals surface area contributed by atoms with Crippen LogP contribution in [0.5, 0.6) is 0 Å².